The van der Waals surface area contributed by atoms with Crippen LogP contribution in [-0.4, -0.2) is 28.0 Å². The number of nitrogens with one attached hydrogen (secondary N) is 1. The van der Waals surface area contributed by atoms with Gasteiger partial charge in [0.15, 0.2) is 5.65 Å². The van der Waals surface area contributed by atoms with Gasteiger partial charge in [-0.25, -0.2) is 9.97 Å². The number of fused-ring (bicyclic) bond motifs is 1. The molecule has 3 aromatic rings. The summed E-state index contributed by atoms with van der Waals surface area (Å²) < 4.78 is 2.07. The second-order valence-electron chi connectivity index (χ2n) is 4.41. The van der Waals surface area contributed by atoms with Gasteiger partial charge in [-0.05, 0) is 13.1 Å². The zero-order chi connectivity index (χ0) is 13.1. The van der Waals surface area contributed by atoms with E-state index < -0.39 is 0 Å². The minimum Gasteiger partial charge on any atom is -0.319 e. The average molecular weight is 252 g/mol. The first-order valence-corrected chi connectivity index (χ1v) is 6.42. The Balaban J connectivity index is 2.15. The molecule has 1 N–H and O–H groups in total. The van der Waals surface area contributed by atoms with Crippen molar-refractivity contribution in [3.63, 3.8) is 0 Å². The van der Waals surface area contributed by atoms with Crippen LogP contribution < -0.4 is 5.32 Å². The topological polar surface area (TPSA) is 42.2 Å². The van der Waals surface area contributed by atoms with Gasteiger partial charge in [0.25, 0.3) is 0 Å². The number of imidazole rings is 1. The summed E-state index contributed by atoms with van der Waals surface area (Å²) in [7, 11) is 1.95. The highest BCUT2D eigenvalue weighted by atomic mass is 15.1. The number of aromatic nitrogens is 3. The SMILES string of the molecule is CNCCc1nc(-c2ccccc2)c2ncccn12. The van der Waals surface area contributed by atoms with Gasteiger partial charge in [0.2, 0.25) is 0 Å². The molecule has 0 saturated carbocycles. The fourth-order valence-electron chi connectivity index (χ4n) is 2.19. The van der Waals surface area contributed by atoms with Gasteiger partial charge in [-0.3, -0.25) is 4.40 Å². The monoisotopic (exact) mass is 252 g/mol. The van der Waals surface area contributed by atoms with Crippen molar-refractivity contribution >= 4 is 5.65 Å². The van der Waals surface area contributed by atoms with Crippen molar-refractivity contribution in [2.45, 2.75) is 6.42 Å². The summed E-state index contributed by atoms with van der Waals surface area (Å²) in [6, 6.07) is 12.1. The van der Waals surface area contributed by atoms with Crippen LogP contribution in [0.1, 0.15) is 5.82 Å². The molecule has 0 aliphatic rings. The predicted molar refractivity (Wildman–Crippen MR) is 76.1 cm³/mol. The van der Waals surface area contributed by atoms with E-state index in [0.29, 0.717) is 0 Å². The third kappa shape index (κ3) is 2.22. The standard InChI is InChI=1S/C15H16N4/c1-16-10-8-13-18-14(12-6-3-2-4-7-12)15-17-9-5-11-19(13)15/h2-7,9,11,16H,8,10H2,1H3. The molecule has 0 amide bonds. The Labute approximate surface area is 112 Å². The molecule has 1 aromatic carbocycles. The molecule has 0 fully saturated rings. The number of hydrogen-bond acceptors (Lipinski definition) is 3. The van der Waals surface area contributed by atoms with Gasteiger partial charge in [-0.1, -0.05) is 30.3 Å². The quantitative estimate of drug-likeness (QED) is 0.773. The van der Waals surface area contributed by atoms with Gasteiger partial charge in [0.1, 0.15) is 11.5 Å². The summed E-state index contributed by atoms with van der Waals surface area (Å²) >= 11 is 0. The minimum absolute atomic E-state index is 0.885. The number of rotatable bonds is 4. The van der Waals surface area contributed by atoms with E-state index in [4.69, 9.17) is 4.98 Å². The van der Waals surface area contributed by atoms with Gasteiger partial charge in [-0.2, -0.15) is 0 Å². The van der Waals surface area contributed by atoms with E-state index in [9.17, 15) is 0 Å². The molecule has 0 saturated heterocycles. The third-order valence-corrected chi connectivity index (χ3v) is 3.12. The normalized spacial score (nSPS) is 11.0. The van der Waals surface area contributed by atoms with E-state index in [2.05, 4.69) is 26.8 Å². The molecule has 0 atom stereocenters. The Morgan fingerprint density at radius 3 is 2.79 bits per heavy atom. The van der Waals surface area contributed by atoms with Gasteiger partial charge in [-0.15, -0.1) is 0 Å². The van der Waals surface area contributed by atoms with Gasteiger partial charge < -0.3 is 5.32 Å². The first-order chi connectivity index (χ1) is 9.40. The highest BCUT2D eigenvalue weighted by Gasteiger charge is 2.12. The van der Waals surface area contributed by atoms with Crippen LogP contribution in [0.15, 0.2) is 48.8 Å². The van der Waals surface area contributed by atoms with Crippen molar-refractivity contribution in [1.29, 1.82) is 0 Å². The Hall–Kier alpha value is -2.20. The van der Waals surface area contributed by atoms with E-state index in [1.807, 2.05) is 43.7 Å². The summed E-state index contributed by atoms with van der Waals surface area (Å²) in [5.74, 6) is 1.04. The lowest BCUT2D eigenvalue weighted by Crippen LogP contribution is -2.12. The first kappa shape index (κ1) is 11.9. The maximum absolute atomic E-state index is 4.76. The minimum atomic E-state index is 0.885. The maximum atomic E-state index is 4.76. The van der Waals surface area contributed by atoms with Crippen molar-refractivity contribution in [2.24, 2.45) is 0 Å². The fraction of sp³-hybridized carbons (Fsp3) is 0.200. The van der Waals surface area contributed by atoms with Crippen LogP contribution >= 0.6 is 0 Å². The lowest BCUT2D eigenvalue weighted by molar-refractivity contribution is 0.752. The molecule has 2 aromatic heterocycles. The molecule has 4 nitrogen and oxygen atoms in total. The summed E-state index contributed by atoms with van der Waals surface area (Å²) in [4.78, 5) is 9.22. The largest absolute Gasteiger partial charge is 0.319 e. The van der Waals surface area contributed by atoms with Crippen molar-refractivity contribution in [3.05, 3.63) is 54.6 Å². The highest BCUT2D eigenvalue weighted by Crippen LogP contribution is 2.23. The Kier molecular flexibility index (Phi) is 3.25. The Morgan fingerprint density at radius 1 is 1.16 bits per heavy atom. The molecule has 4 heteroatoms. The number of hydrogen-bond donors (Lipinski definition) is 1. The van der Waals surface area contributed by atoms with E-state index in [1.54, 1.807) is 0 Å². The maximum Gasteiger partial charge on any atom is 0.164 e. The highest BCUT2D eigenvalue weighted by molar-refractivity contribution is 5.74. The molecule has 19 heavy (non-hydrogen) atoms. The zero-order valence-electron chi connectivity index (χ0n) is 10.9. The van der Waals surface area contributed by atoms with Crippen LogP contribution in [-0.2, 0) is 6.42 Å². The lowest BCUT2D eigenvalue weighted by atomic mass is 10.2. The van der Waals surface area contributed by atoms with Crippen molar-refractivity contribution in [1.82, 2.24) is 19.7 Å². The lowest BCUT2D eigenvalue weighted by Gasteiger charge is -1.99. The van der Waals surface area contributed by atoms with Crippen molar-refractivity contribution in [3.8, 4) is 11.3 Å². The Morgan fingerprint density at radius 2 is 2.00 bits per heavy atom. The van der Waals surface area contributed by atoms with Crippen LogP contribution in [0.4, 0.5) is 0 Å². The van der Waals surface area contributed by atoms with Gasteiger partial charge in [0.05, 0.1) is 0 Å². The summed E-state index contributed by atoms with van der Waals surface area (Å²) in [5, 5.41) is 3.16. The Bertz CT molecular complexity index is 673. The van der Waals surface area contributed by atoms with Crippen molar-refractivity contribution < 1.29 is 0 Å². The van der Waals surface area contributed by atoms with Crippen LogP contribution in [0.3, 0.4) is 0 Å². The second kappa shape index (κ2) is 5.20. The first-order valence-electron chi connectivity index (χ1n) is 6.42. The van der Waals surface area contributed by atoms with Crippen LogP contribution in [0.5, 0.6) is 0 Å². The fourth-order valence-corrected chi connectivity index (χ4v) is 2.19. The second-order valence-corrected chi connectivity index (χ2v) is 4.41. The van der Waals surface area contributed by atoms with E-state index in [1.165, 1.54) is 0 Å². The summed E-state index contributed by atoms with van der Waals surface area (Å²) in [6.07, 6.45) is 4.72. The number of nitrogens with zero attached hydrogens (tertiary/aromatic N) is 3. The van der Waals surface area contributed by atoms with Crippen LogP contribution in [0.2, 0.25) is 0 Å². The van der Waals surface area contributed by atoms with Crippen LogP contribution in [0.25, 0.3) is 16.9 Å². The molecular formula is C15H16N4. The molecule has 2 heterocycles. The summed E-state index contributed by atoms with van der Waals surface area (Å²) in [6.45, 7) is 0.905. The number of benzene rings is 1. The van der Waals surface area contributed by atoms with Gasteiger partial charge in [0, 0.05) is 30.9 Å². The third-order valence-electron chi connectivity index (χ3n) is 3.12. The molecule has 0 radical (unpaired) electrons. The molecule has 3 rings (SSSR count). The van der Waals surface area contributed by atoms with E-state index in [0.717, 1.165) is 35.7 Å². The zero-order valence-corrected chi connectivity index (χ0v) is 10.9. The van der Waals surface area contributed by atoms with Gasteiger partial charge >= 0.3 is 0 Å². The summed E-state index contributed by atoms with van der Waals surface area (Å²) in [5.41, 5.74) is 2.97. The van der Waals surface area contributed by atoms with Crippen LogP contribution in [0, 0.1) is 0 Å². The molecule has 0 aliphatic carbocycles. The van der Waals surface area contributed by atoms with E-state index >= 15 is 0 Å². The van der Waals surface area contributed by atoms with E-state index in [-0.39, 0.29) is 0 Å². The molecular weight excluding hydrogens is 236 g/mol. The number of likely N-dealkylation sites (N-methyl/N-ethyl adjacent to an activating group) is 1. The average Bonchev–Trinajstić information content (AvgIpc) is 2.85. The predicted octanol–water partition coefficient (Wildman–Crippen LogP) is 2.16. The smallest absolute Gasteiger partial charge is 0.164 e. The molecule has 0 spiro atoms. The molecule has 96 valence electrons. The molecule has 0 bridgehead atoms. The molecule has 0 aliphatic heterocycles. The van der Waals surface area contributed by atoms with Crippen molar-refractivity contribution in [2.75, 3.05) is 13.6 Å². The molecule has 0 unspecified atom stereocenters.